The van der Waals surface area contributed by atoms with Gasteiger partial charge in [0, 0.05) is 10.0 Å². The maximum atomic E-state index is 12.7. The number of esters is 1. The van der Waals surface area contributed by atoms with Crippen molar-refractivity contribution < 1.29 is 23.9 Å². The first-order chi connectivity index (χ1) is 15.3. The van der Waals surface area contributed by atoms with Crippen LogP contribution in [0.2, 0.25) is 0 Å². The van der Waals surface area contributed by atoms with E-state index in [0.29, 0.717) is 26.9 Å². The topological polar surface area (TPSA) is 80.8 Å². The highest BCUT2D eigenvalue weighted by molar-refractivity contribution is 9.10. The average Bonchev–Trinajstić information content (AvgIpc) is 3.03. The van der Waals surface area contributed by atoms with Crippen LogP contribution in [0.3, 0.4) is 0 Å². The first-order valence-corrected chi connectivity index (χ1v) is 10.7. The number of ketones is 1. The molecule has 160 valence electrons. The van der Waals surface area contributed by atoms with Gasteiger partial charge in [0.25, 0.3) is 11.8 Å². The molecule has 7 heteroatoms. The zero-order valence-electron chi connectivity index (χ0n) is 17.3. The number of halogens is 1. The van der Waals surface area contributed by atoms with Crippen LogP contribution >= 0.6 is 15.9 Å². The summed E-state index contributed by atoms with van der Waals surface area (Å²) >= 11 is 3.30. The summed E-state index contributed by atoms with van der Waals surface area (Å²) in [6.45, 7) is 3.44. The molecule has 0 radical (unpaired) electrons. The van der Waals surface area contributed by atoms with Crippen LogP contribution < -0.4 is 4.90 Å². The predicted molar refractivity (Wildman–Crippen MR) is 122 cm³/mol. The number of hydrogen-bond acceptors (Lipinski definition) is 5. The van der Waals surface area contributed by atoms with E-state index < -0.39 is 23.9 Å². The van der Waals surface area contributed by atoms with Crippen LogP contribution in [0.1, 0.15) is 53.9 Å². The minimum Gasteiger partial charge on any atom is -0.451 e. The van der Waals surface area contributed by atoms with Gasteiger partial charge in [-0.2, -0.15) is 0 Å². The molecule has 1 heterocycles. The van der Waals surface area contributed by atoms with Gasteiger partial charge < -0.3 is 4.74 Å². The number of aryl methyl sites for hydroxylation is 1. The van der Waals surface area contributed by atoms with Gasteiger partial charge in [-0.3, -0.25) is 14.4 Å². The van der Waals surface area contributed by atoms with Crippen molar-refractivity contribution >= 4 is 45.2 Å². The third-order valence-electron chi connectivity index (χ3n) is 5.20. The van der Waals surface area contributed by atoms with Crippen LogP contribution in [0.15, 0.2) is 71.2 Å². The number of nitrogens with zero attached hydrogens (tertiary/aromatic N) is 1. The van der Waals surface area contributed by atoms with E-state index >= 15 is 0 Å². The Kier molecular flexibility index (Phi) is 5.76. The lowest BCUT2D eigenvalue weighted by molar-refractivity contribution is 0.0319. The largest absolute Gasteiger partial charge is 0.451 e. The van der Waals surface area contributed by atoms with Crippen LogP contribution in [0.5, 0.6) is 0 Å². The Morgan fingerprint density at radius 3 is 2.09 bits per heavy atom. The third kappa shape index (κ3) is 3.99. The SMILES string of the molecule is Cc1ccc(C(=O)[C@@H](C)OC(=O)c2ccc(N3C(=O)c4ccc(Br)cc4C3=O)cc2)cc1. The molecule has 1 atom stereocenters. The van der Waals surface area contributed by atoms with E-state index in [1.165, 1.54) is 31.2 Å². The van der Waals surface area contributed by atoms with E-state index in [0.717, 1.165) is 10.5 Å². The molecular formula is C25H18BrNO5. The number of rotatable bonds is 5. The summed E-state index contributed by atoms with van der Waals surface area (Å²) in [5, 5.41) is 0. The standard InChI is InChI=1S/C25H18BrNO5/c1-14-3-5-16(6-4-14)22(28)15(2)32-25(31)17-7-10-19(11-8-17)27-23(29)20-12-9-18(26)13-21(20)24(27)30/h3-13,15H,1-2H3/t15-/m1/s1. The second-order valence-electron chi connectivity index (χ2n) is 7.46. The highest BCUT2D eigenvalue weighted by Crippen LogP contribution is 2.30. The Morgan fingerprint density at radius 1 is 0.844 bits per heavy atom. The van der Waals surface area contributed by atoms with E-state index in [-0.39, 0.29) is 11.3 Å². The van der Waals surface area contributed by atoms with Gasteiger partial charge in [0.05, 0.1) is 22.4 Å². The van der Waals surface area contributed by atoms with Gasteiger partial charge in [0.1, 0.15) is 0 Å². The minimum atomic E-state index is -0.959. The molecule has 0 aromatic heterocycles. The molecule has 6 nitrogen and oxygen atoms in total. The lowest BCUT2D eigenvalue weighted by Gasteiger charge is -2.15. The van der Waals surface area contributed by atoms with Crippen molar-refractivity contribution in [2.75, 3.05) is 4.90 Å². The van der Waals surface area contributed by atoms with Crippen molar-refractivity contribution in [2.45, 2.75) is 20.0 Å². The Hall–Kier alpha value is -3.58. The smallest absolute Gasteiger partial charge is 0.338 e. The van der Waals surface area contributed by atoms with Crippen LogP contribution in [-0.4, -0.2) is 29.7 Å². The Morgan fingerprint density at radius 2 is 1.44 bits per heavy atom. The van der Waals surface area contributed by atoms with Crippen molar-refractivity contribution in [3.05, 3.63) is 99.0 Å². The first kappa shape index (κ1) is 21.6. The van der Waals surface area contributed by atoms with E-state index in [2.05, 4.69) is 15.9 Å². The predicted octanol–water partition coefficient (Wildman–Crippen LogP) is 4.99. The number of hydrogen-bond donors (Lipinski definition) is 0. The summed E-state index contributed by atoms with van der Waals surface area (Å²) in [4.78, 5) is 51.4. The zero-order valence-corrected chi connectivity index (χ0v) is 18.9. The van der Waals surface area contributed by atoms with Crippen molar-refractivity contribution in [1.82, 2.24) is 0 Å². The normalized spacial score (nSPS) is 13.7. The highest BCUT2D eigenvalue weighted by Gasteiger charge is 2.36. The van der Waals surface area contributed by atoms with Crippen molar-refractivity contribution in [3.8, 4) is 0 Å². The number of anilines is 1. The molecule has 4 rings (SSSR count). The number of amides is 2. The molecule has 0 unspecified atom stereocenters. The lowest BCUT2D eigenvalue weighted by atomic mass is 10.1. The number of imide groups is 1. The lowest BCUT2D eigenvalue weighted by Crippen LogP contribution is -2.29. The fraction of sp³-hybridized carbons (Fsp3) is 0.120. The maximum Gasteiger partial charge on any atom is 0.338 e. The van der Waals surface area contributed by atoms with E-state index in [1.807, 2.05) is 19.1 Å². The number of carbonyl (C=O) groups is 4. The molecule has 0 N–H and O–H groups in total. The van der Waals surface area contributed by atoms with Crippen molar-refractivity contribution in [3.63, 3.8) is 0 Å². The van der Waals surface area contributed by atoms with Gasteiger partial charge in [-0.15, -0.1) is 0 Å². The molecule has 0 saturated heterocycles. The van der Waals surface area contributed by atoms with Gasteiger partial charge >= 0.3 is 5.97 Å². The van der Waals surface area contributed by atoms with E-state index in [4.69, 9.17) is 4.74 Å². The molecule has 3 aromatic rings. The van der Waals surface area contributed by atoms with Gasteiger partial charge in [0.15, 0.2) is 6.10 Å². The molecule has 0 aliphatic carbocycles. The van der Waals surface area contributed by atoms with Crippen molar-refractivity contribution in [2.24, 2.45) is 0 Å². The summed E-state index contributed by atoms with van der Waals surface area (Å²) in [5.74, 6) is -1.83. The second-order valence-corrected chi connectivity index (χ2v) is 8.38. The van der Waals surface area contributed by atoms with Crippen LogP contribution in [0.25, 0.3) is 0 Å². The number of Topliss-reactive ketones (excluding diaryl/α,β-unsaturated/α-hetero) is 1. The quantitative estimate of drug-likeness (QED) is 0.285. The first-order valence-electron chi connectivity index (χ1n) is 9.86. The summed E-state index contributed by atoms with van der Waals surface area (Å²) < 4.78 is 6.01. The molecule has 0 fully saturated rings. The molecule has 3 aromatic carbocycles. The summed E-state index contributed by atoms with van der Waals surface area (Å²) in [5.41, 5.74) is 2.67. The molecule has 2 amide bonds. The summed E-state index contributed by atoms with van der Waals surface area (Å²) in [7, 11) is 0. The van der Waals surface area contributed by atoms with Gasteiger partial charge in [-0.05, 0) is 56.3 Å². The monoisotopic (exact) mass is 491 g/mol. The van der Waals surface area contributed by atoms with E-state index in [9.17, 15) is 19.2 Å². The Bertz CT molecular complexity index is 1250. The van der Waals surface area contributed by atoms with Gasteiger partial charge in [-0.25, -0.2) is 9.69 Å². The zero-order chi connectivity index (χ0) is 23.0. The number of fused-ring (bicyclic) bond motifs is 1. The molecule has 32 heavy (non-hydrogen) atoms. The molecular weight excluding hydrogens is 474 g/mol. The molecule has 0 spiro atoms. The van der Waals surface area contributed by atoms with Gasteiger partial charge in [0.2, 0.25) is 5.78 Å². The summed E-state index contributed by atoms with van der Waals surface area (Å²) in [6, 6.07) is 17.8. The van der Waals surface area contributed by atoms with Crippen molar-refractivity contribution in [1.29, 1.82) is 0 Å². The fourth-order valence-corrected chi connectivity index (χ4v) is 3.79. The van der Waals surface area contributed by atoms with Crippen LogP contribution in [-0.2, 0) is 4.74 Å². The number of benzene rings is 3. The molecule has 1 aliphatic rings. The fourth-order valence-electron chi connectivity index (χ4n) is 3.43. The minimum absolute atomic E-state index is 0.205. The number of carbonyl (C=O) groups excluding carboxylic acids is 4. The van der Waals surface area contributed by atoms with Crippen LogP contribution in [0.4, 0.5) is 5.69 Å². The molecule has 0 saturated carbocycles. The highest BCUT2D eigenvalue weighted by atomic mass is 79.9. The van der Waals surface area contributed by atoms with Crippen LogP contribution in [0, 0.1) is 6.92 Å². The molecule has 0 bridgehead atoms. The average molecular weight is 492 g/mol. The maximum absolute atomic E-state index is 12.7. The third-order valence-corrected chi connectivity index (χ3v) is 5.69. The Balaban J connectivity index is 1.47. The summed E-state index contributed by atoms with van der Waals surface area (Å²) in [6.07, 6.45) is -0.959. The second kappa shape index (κ2) is 8.51. The van der Waals surface area contributed by atoms with E-state index in [1.54, 1.807) is 30.3 Å². The number of ether oxygens (including phenoxy) is 1. The molecule has 1 aliphatic heterocycles. The Labute approximate surface area is 192 Å². The van der Waals surface area contributed by atoms with Gasteiger partial charge in [-0.1, -0.05) is 45.8 Å².